The van der Waals surface area contributed by atoms with Gasteiger partial charge in [0.1, 0.15) is 5.82 Å². The number of halogens is 3. The molecule has 0 aromatic carbocycles. The normalized spacial score (nSPS) is 13.7. The summed E-state index contributed by atoms with van der Waals surface area (Å²) in [5, 5.41) is 13.5. The summed E-state index contributed by atoms with van der Waals surface area (Å²) in [4.78, 5) is 0. The van der Waals surface area contributed by atoms with Gasteiger partial charge in [-0.25, -0.2) is 0 Å². The monoisotopic (exact) mass is 291 g/mol. The number of rotatable bonds is 4. The second-order valence-corrected chi connectivity index (χ2v) is 4.92. The molecular weight excluding hydrogens is 279 g/mol. The van der Waals surface area contributed by atoms with Gasteiger partial charge in [0.05, 0.1) is 0 Å². The number of thioether (sulfide) groups is 1. The molecule has 1 N–H and O–H groups in total. The number of nitrogens with zero attached hydrogens (tertiary/aromatic N) is 4. The van der Waals surface area contributed by atoms with E-state index in [-0.39, 0.29) is 11.7 Å². The van der Waals surface area contributed by atoms with Gasteiger partial charge >= 0.3 is 6.18 Å². The van der Waals surface area contributed by atoms with Gasteiger partial charge in [-0.3, -0.25) is 0 Å². The van der Waals surface area contributed by atoms with Crippen molar-refractivity contribution < 1.29 is 13.2 Å². The molecule has 104 valence electrons. The van der Waals surface area contributed by atoms with Crippen LogP contribution in [0.25, 0.3) is 5.65 Å². The van der Waals surface area contributed by atoms with Crippen LogP contribution in [0.15, 0.2) is 12.1 Å². The lowest BCUT2D eigenvalue weighted by atomic mass is 10.4. The first-order valence-electron chi connectivity index (χ1n) is 5.47. The van der Waals surface area contributed by atoms with Crippen molar-refractivity contribution in [3.63, 3.8) is 0 Å². The van der Waals surface area contributed by atoms with E-state index >= 15 is 0 Å². The van der Waals surface area contributed by atoms with Crippen LogP contribution < -0.4 is 5.32 Å². The molecule has 0 saturated heterocycles. The van der Waals surface area contributed by atoms with Crippen LogP contribution in [-0.2, 0) is 6.18 Å². The maximum atomic E-state index is 12.7. The summed E-state index contributed by atoms with van der Waals surface area (Å²) in [6, 6.07) is 3.13. The van der Waals surface area contributed by atoms with Gasteiger partial charge in [-0.05, 0) is 25.3 Å². The van der Waals surface area contributed by atoms with Crippen LogP contribution in [0.2, 0.25) is 0 Å². The van der Waals surface area contributed by atoms with Crippen molar-refractivity contribution in [1.82, 2.24) is 19.8 Å². The summed E-state index contributed by atoms with van der Waals surface area (Å²) in [7, 11) is 0. The lowest BCUT2D eigenvalue weighted by Gasteiger charge is -2.13. The number of fused-ring (bicyclic) bond motifs is 1. The molecule has 0 bridgehead atoms. The SMILES string of the molecule is CSCC(C)Nc1ccc2nnc(C(F)(F)F)n2n1. The van der Waals surface area contributed by atoms with Crippen molar-refractivity contribution in [1.29, 1.82) is 0 Å². The van der Waals surface area contributed by atoms with Crippen LogP contribution in [0.3, 0.4) is 0 Å². The molecule has 0 radical (unpaired) electrons. The van der Waals surface area contributed by atoms with Crippen LogP contribution in [0.1, 0.15) is 12.7 Å². The van der Waals surface area contributed by atoms with Crippen LogP contribution >= 0.6 is 11.8 Å². The molecule has 1 atom stereocenters. The van der Waals surface area contributed by atoms with Crippen LogP contribution in [-0.4, -0.2) is 37.9 Å². The first kappa shape index (κ1) is 13.9. The predicted octanol–water partition coefficient (Wildman–Crippen LogP) is 2.31. The third kappa shape index (κ3) is 3.09. The number of nitrogens with one attached hydrogen (secondary N) is 1. The van der Waals surface area contributed by atoms with Crippen molar-refractivity contribution in [2.24, 2.45) is 0 Å². The Bertz CT molecular complexity index is 568. The molecule has 2 heterocycles. The second kappa shape index (κ2) is 5.24. The van der Waals surface area contributed by atoms with Gasteiger partial charge in [-0.15, -0.1) is 15.3 Å². The smallest absolute Gasteiger partial charge is 0.365 e. The van der Waals surface area contributed by atoms with Crippen LogP contribution in [0, 0.1) is 0 Å². The highest BCUT2D eigenvalue weighted by molar-refractivity contribution is 7.98. The Kier molecular flexibility index (Phi) is 3.83. The molecule has 0 aliphatic heterocycles. The van der Waals surface area contributed by atoms with Gasteiger partial charge in [0.15, 0.2) is 5.65 Å². The number of anilines is 1. The summed E-state index contributed by atoms with van der Waals surface area (Å²) in [6.07, 6.45) is -2.62. The Balaban J connectivity index is 2.33. The van der Waals surface area contributed by atoms with Crippen molar-refractivity contribution in [3.8, 4) is 0 Å². The molecule has 0 aliphatic carbocycles. The fourth-order valence-corrected chi connectivity index (χ4v) is 2.17. The molecule has 5 nitrogen and oxygen atoms in total. The number of aromatic nitrogens is 4. The van der Waals surface area contributed by atoms with Crippen LogP contribution in [0.4, 0.5) is 19.0 Å². The second-order valence-electron chi connectivity index (χ2n) is 4.01. The minimum Gasteiger partial charge on any atom is -0.365 e. The quantitative estimate of drug-likeness (QED) is 0.936. The lowest BCUT2D eigenvalue weighted by Crippen LogP contribution is -2.20. The van der Waals surface area contributed by atoms with Gasteiger partial charge in [-0.1, -0.05) is 0 Å². The molecular formula is C10H12F3N5S. The lowest BCUT2D eigenvalue weighted by molar-refractivity contribution is -0.146. The Morgan fingerprint density at radius 3 is 2.74 bits per heavy atom. The van der Waals surface area contributed by atoms with Crippen molar-refractivity contribution in [2.75, 3.05) is 17.3 Å². The topological polar surface area (TPSA) is 55.1 Å². The maximum absolute atomic E-state index is 12.7. The third-order valence-electron chi connectivity index (χ3n) is 2.33. The van der Waals surface area contributed by atoms with E-state index in [1.54, 1.807) is 17.8 Å². The highest BCUT2D eigenvalue weighted by atomic mass is 32.2. The summed E-state index contributed by atoms with van der Waals surface area (Å²) in [5.74, 6) is 0.0663. The molecule has 0 saturated carbocycles. The fraction of sp³-hybridized carbons (Fsp3) is 0.500. The van der Waals surface area contributed by atoms with E-state index in [0.717, 1.165) is 5.75 Å². The van der Waals surface area contributed by atoms with Crippen LogP contribution in [0.5, 0.6) is 0 Å². The van der Waals surface area contributed by atoms with E-state index in [9.17, 15) is 13.2 Å². The number of alkyl halides is 3. The van der Waals surface area contributed by atoms with Crippen molar-refractivity contribution in [2.45, 2.75) is 19.1 Å². The zero-order chi connectivity index (χ0) is 14.0. The zero-order valence-corrected chi connectivity index (χ0v) is 11.1. The Hall–Kier alpha value is -1.51. The Morgan fingerprint density at radius 1 is 1.37 bits per heavy atom. The summed E-state index contributed by atoms with van der Waals surface area (Å²) in [5.41, 5.74) is 0.0652. The number of hydrogen-bond acceptors (Lipinski definition) is 5. The maximum Gasteiger partial charge on any atom is 0.453 e. The predicted molar refractivity (Wildman–Crippen MR) is 67.3 cm³/mol. The molecule has 0 amide bonds. The fourth-order valence-electron chi connectivity index (χ4n) is 1.59. The molecule has 9 heteroatoms. The third-order valence-corrected chi connectivity index (χ3v) is 3.16. The van der Waals surface area contributed by atoms with Crippen molar-refractivity contribution in [3.05, 3.63) is 18.0 Å². The minimum atomic E-state index is -4.57. The van der Waals surface area contributed by atoms with E-state index in [4.69, 9.17) is 0 Å². The van der Waals surface area contributed by atoms with E-state index in [0.29, 0.717) is 10.3 Å². The summed E-state index contributed by atoms with van der Waals surface area (Å²) in [6.45, 7) is 1.93. The highest BCUT2D eigenvalue weighted by Gasteiger charge is 2.37. The molecule has 0 fully saturated rings. The molecule has 19 heavy (non-hydrogen) atoms. The summed E-state index contributed by atoms with van der Waals surface area (Å²) >= 11 is 1.64. The average Bonchev–Trinajstić information content (AvgIpc) is 2.71. The van der Waals surface area contributed by atoms with E-state index in [2.05, 4.69) is 20.6 Å². The van der Waals surface area contributed by atoms with E-state index in [1.165, 1.54) is 6.07 Å². The molecule has 2 aromatic heterocycles. The molecule has 0 aliphatic rings. The van der Waals surface area contributed by atoms with E-state index in [1.807, 2.05) is 13.2 Å². The Morgan fingerprint density at radius 2 is 2.11 bits per heavy atom. The molecule has 2 aromatic rings. The van der Waals surface area contributed by atoms with Gasteiger partial charge in [0.2, 0.25) is 0 Å². The number of hydrogen-bond donors (Lipinski definition) is 1. The molecule has 1 unspecified atom stereocenters. The van der Waals surface area contributed by atoms with E-state index < -0.39 is 12.0 Å². The van der Waals surface area contributed by atoms with Gasteiger partial charge in [0.25, 0.3) is 5.82 Å². The highest BCUT2D eigenvalue weighted by Crippen LogP contribution is 2.27. The average molecular weight is 291 g/mol. The van der Waals surface area contributed by atoms with Gasteiger partial charge in [0, 0.05) is 11.8 Å². The van der Waals surface area contributed by atoms with Crippen molar-refractivity contribution >= 4 is 23.2 Å². The first-order valence-corrected chi connectivity index (χ1v) is 6.86. The Labute approximate surface area is 111 Å². The standard InChI is InChI=1S/C10H12F3N5S/c1-6(5-19-2)14-7-3-4-8-15-16-9(10(11,12)13)18(8)17-7/h3-4,6H,5H2,1-2H3,(H,14,17). The summed E-state index contributed by atoms with van der Waals surface area (Å²) < 4.78 is 38.7. The first-order chi connectivity index (χ1) is 8.91. The molecule has 0 spiro atoms. The zero-order valence-electron chi connectivity index (χ0n) is 10.3. The van der Waals surface area contributed by atoms with Gasteiger partial charge in [-0.2, -0.15) is 29.4 Å². The van der Waals surface area contributed by atoms with Gasteiger partial charge < -0.3 is 5.32 Å². The molecule has 2 rings (SSSR count). The minimum absolute atomic E-state index is 0.0652. The largest absolute Gasteiger partial charge is 0.453 e.